The van der Waals surface area contributed by atoms with Gasteiger partial charge in [0.25, 0.3) is 0 Å². The van der Waals surface area contributed by atoms with Crippen molar-refractivity contribution in [1.29, 1.82) is 0 Å². The van der Waals surface area contributed by atoms with Crippen LogP contribution in [0.3, 0.4) is 0 Å². The minimum atomic E-state index is -0.320. The van der Waals surface area contributed by atoms with Crippen LogP contribution in [-0.2, 0) is 4.74 Å². The Morgan fingerprint density at radius 2 is 2.33 bits per heavy atom. The SMILES string of the molecule is Cc1cc(F)c(C2CNCCO2)cc1O. The summed E-state index contributed by atoms with van der Waals surface area (Å²) in [7, 11) is 0. The molecule has 0 spiro atoms. The Morgan fingerprint density at radius 1 is 1.53 bits per heavy atom. The molecule has 0 aliphatic carbocycles. The number of hydrogen-bond acceptors (Lipinski definition) is 3. The van der Waals surface area contributed by atoms with E-state index in [1.807, 2.05) is 0 Å². The molecule has 0 aromatic heterocycles. The summed E-state index contributed by atoms with van der Waals surface area (Å²) in [4.78, 5) is 0. The molecule has 3 nitrogen and oxygen atoms in total. The molecule has 1 unspecified atom stereocenters. The molecule has 2 N–H and O–H groups in total. The van der Waals surface area contributed by atoms with Crippen LogP contribution in [0.2, 0.25) is 0 Å². The summed E-state index contributed by atoms with van der Waals surface area (Å²) in [6.45, 7) is 3.61. The van der Waals surface area contributed by atoms with Crippen molar-refractivity contribution in [3.05, 3.63) is 29.1 Å². The number of halogens is 1. The molecular formula is C11H14FNO2. The largest absolute Gasteiger partial charge is 0.508 e. The maximum Gasteiger partial charge on any atom is 0.129 e. The lowest BCUT2D eigenvalue weighted by Crippen LogP contribution is -2.33. The number of phenols is 1. The molecule has 0 amide bonds. The average Bonchev–Trinajstić information content (AvgIpc) is 2.25. The third-order valence-corrected chi connectivity index (χ3v) is 2.59. The topological polar surface area (TPSA) is 41.5 Å². The van der Waals surface area contributed by atoms with Crippen LogP contribution in [0.25, 0.3) is 0 Å². The molecule has 0 radical (unpaired) electrons. The van der Waals surface area contributed by atoms with Crippen LogP contribution >= 0.6 is 0 Å². The quantitative estimate of drug-likeness (QED) is 0.739. The van der Waals surface area contributed by atoms with Crippen molar-refractivity contribution < 1.29 is 14.2 Å². The predicted octanol–water partition coefficient (Wildman–Crippen LogP) is 1.50. The second-order valence-corrected chi connectivity index (χ2v) is 3.72. The first-order chi connectivity index (χ1) is 7.18. The van der Waals surface area contributed by atoms with Crippen LogP contribution in [0, 0.1) is 12.7 Å². The van der Waals surface area contributed by atoms with Crippen molar-refractivity contribution in [1.82, 2.24) is 5.32 Å². The minimum Gasteiger partial charge on any atom is -0.508 e. The fourth-order valence-corrected chi connectivity index (χ4v) is 1.69. The summed E-state index contributed by atoms with van der Waals surface area (Å²) in [5.74, 6) is -0.209. The van der Waals surface area contributed by atoms with Gasteiger partial charge in [0.15, 0.2) is 0 Å². The van der Waals surface area contributed by atoms with E-state index in [2.05, 4.69) is 5.32 Å². The summed E-state index contributed by atoms with van der Waals surface area (Å²) in [6.07, 6.45) is -0.301. The highest BCUT2D eigenvalue weighted by Crippen LogP contribution is 2.27. The standard InChI is InChI=1S/C11H14FNO2/c1-7-4-9(12)8(5-10(7)14)11-6-13-2-3-15-11/h4-5,11,13-14H,2-3,6H2,1H3. The Labute approximate surface area is 87.9 Å². The van der Waals surface area contributed by atoms with Gasteiger partial charge in [-0.1, -0.05) is 0 Å². The van der Waals surface area contributed by atoms with Gasteiger partial charge in [-0.2, -0.15) is 0 Å². The number of ether oxygens (including phenoxy) is 1. The molecular weight excluding hydrogens is 197 g/mol. The zero-order valence-electron chi connectivity index (χ0n) is 8.59. The number of benzene rings is 1. The Bertz CT molecular complexity index is 362. The Kier molecular flexibility index (Phi) is 2.88. The van der Waals surface area contributed by atoms with Gasteiger partial charge in [0.05, 0.1) is 12.7 Å². The van der Waals surface area contributed by atoms with Crippen molar-refractivity contribution >= 4 is 0 Å². The second-order valence-electron chi connectivity index (χ2n) is 3.72. The number of aryl methyl sites for hydroxylation is 1. The van der Waals surface area contributed by atoms with E-state index in [1.165, 1.54) is 12.1 Å². The van der Waals surface area contributed by atoms with E-state index in [0.717, 1.165) is 6.54 Å². The molecule has 0 saturated carbocycles. The first kappa shape index (κ1) is 10.4. The zero-order chi connectivity index (χ0) is 10.8. The molecule has 1 aliphatic rings. The molecule has 1 fully saturated rings. The summed E-state index contributed by atoms with van der Waals surface area (Å²) >= 11 is 0. The summed E-state index contributed by atoms with van der Waals surface area (Å²) in [5, 5.41) is 12.6. The summed E-state index contributed by atoms with van der Waals surface area (Å²) in [6, 6.07) is 2.78. The van der Waals surface area contributed by atoms with Crippen LogP contribution in [-0.4, -0.2) is 24.8 Å². The van der Waals surface area contributed by atoms with Crippen LogP contribution in [0.5, 0.6) is 5.75 Å². The van der Waals surface area contributed by atoms with Crippen molar-refractivity contribution in [2.75, 3.05) is 19.7 Å². The lowest BCUT2D eigenvalue weighted by molar-refractivity contribution is 0.0254. The number of rotatable bonds is 1. The number of hydrogen-bond donors (Lipinski definition) is 2. The highest BCUT2D eigenvalue weighted by atomic mass is 19.1. The van der Waals surface area contributed by atoms with Crippen molar-refractivity contribution in [2.45, 2.75) is 13.0 Å². The minimum absolute atomic E-state index is 0.112. The first-order valence-corrected chi connectivity index (χ1v) is 5.00. The Balaban J connectivity index is 2.30. The zero-order valence-corrected chi connectivity index (χ0v) is 8.59. The summed E-state index contributed by atoms with van der Waals surface area (Å²) < 4.78 is 19.0. The normalized spacial score (nSPS) is 21.6. The van der Waals surface area contributed by atoms with Gasteiger partial charge in [0, 0.05) is 18.7 Å². The lowest BCUT2D eigenvalue weighted by Gasteiger charge is -2.24. The second kappa shape index (κ2) is 4.16. The monoisotopic (exact) mass is 211 g/mol. The van der Waals surface area contributed by atoms with E-state index >= 15 is 0 Å². The molecule has 2 rings (SSSR count). The predicted molar refractivity (Wildman–Crippen MR) is 54.4 cm³/mol. The van der Waals surface area contributed by atoms with Crippen LogP contribution < -0.4 is 5.32 Å². The van der Waals surface area contributed by atoms with E-state index < -0.39 is 0 Å². The maximum absolute atomic E-state index is 13.6. The van der Waals surface area contributed by atoms with Gasteiger partial charge in [-0.3, -0.25) is 0 Å². The van der Waals surface area contributed by atoms with Crippen molar-refractivity contribution in [3.8, 4) is 5.75 Å². The first-order valence-electron chi connectivity index (χ1n) is 5.00. The van der Waals surface area contributed by atoms with Gasteiger partial charge in [0.2, 0.25) is 0 Å². The molecule has 1 atom stereocenters. The van der Waals surface area contributed by atoms with Crippen LogP contribution in [0.15, 0.2) is 12.1 Å². The molecule has 0 bridgehead atoms. The fraction of sp³-hybridized carbons (Fsp3) is 0.455. The number of aromatic hydroxyl groups is 1. The van der Waals surface area contributed by atoms with Gasteiger partial charge in [-0.15, -0.1) is 0 Å². The Hall–Kier alpha value is -1.13. The van der Waals surface area contributed by atoms with Gasteiger partial charge in [-0.05, 0) is 24.6 Å². The molecule has 4 heteroatoms. The Morgan fingerprint density at radius 3 is 3.00 bits per heavy atom. The smallest absolute Gasteiger partial charge is 0.129 e. The van der Waals surface area contributed by atoms with E-state index in [1.54, 1.807) is 6.92 Å². The molecule has 1 aromatic rings. The van der Waals surface area contributed by atoms with Crippen molar-refractivity contribution in [2.24, 2.45) is 0 Å². The number of phenolic OH excluding ortho intramolecular Hbond substituents is 1. The molecule has 82 valence electrons. The van der Waals surface area contributed by atoms with Gasteiger partial charge >= 0.3 is 0 Å². The van der Waals surface area contributed by atoms with Crippen LogP contribution in [0.1, 0.15) is 17.2 Å². The van der Waals surface area contributed by atoms with Crippen LogP contribution in [0.4, 0.5) is 4.39 Å². The summed E-state index contributed by atoms with van der Waals surface area (Å²) in [5.41, 5.74) is 0.963. The highest BCUT2D eigenvalue weighted by Gasteiger charge is 2.20. The van der Waals surface area contributed by atoms with E-state index in [4.69, 9.17) is 4.74 Å². The molecule has 1 aliphatic heterocycles. The van der Waals surface area contributed by atoms with E-state index in [-0.39, 0.29) is 17.7 Å². The maximum atomic E-state index is 13.6. The van der Waals surface area contributed by atoms with Gasteiger partial charge in [0.1, 0.15) is 11.6 Å². The van der Waals surface area contributed by atoms with Gasteiger partial charge < -0.3 is 15.2 Å². The van der Waals surface area contributed by atoms with E-state index in [0.29, 0.717) is 24.3 Å². The molecule has 1 aromatic carbocycles. The highest BCUT2D eigenvalue weighted by molar-refractivity contribution is 5.37. The molecule has 1 heterocycles. The third-order valence-electron chi connectivity index (χ3n) is 2.59. The molecule has 1 saturated heterocycles. The molecule has 15 heavy (non-hydrogen) atoms. The lowest BCUT2D eigenvalue weighted by atomic mass is 10.0. The van der Waals surface area contributed by atoms with Crippen molar-refractivity contribution in [3.63, 3.8) is 0 Å². The number of nitrogens with one attached hydrogen (secondary N) is 1. The fourth-order valence-electron chi connectivity index (χ4n) is 1.69. The van der Waals surface area contributed by atoms with Gasteiger partial charge in [-0.25, -0.2) is 4.39 Å². The number of morpholine rings is 1. The average molecular weight is 211 g/mol. The third kappa shape index (κ3) is 2.11. The van der Waals surface area contributed by atoms with E-state index in [9.17, 15) is 9.50 Å².